The van der Waals surface area contributed by atoms with Crippen LogP contribution in [0.1, 0.15) is 47.2 Å². The quantitative estimate of drug-likeness (QED) is 0.176. The average molecular weight is 758 g/mol. The summed E-state index contributed by atoms with van der Waals surface area (Å²) in [6.45, 7) is 4.74. The van der Waals surface area contributed by atoms with E-state index in [1.54, 1.807) is 0 Å². The Morgan fingerprint density at radius 3 is 1.72 bits per heavy atom. The fourth-order valence-corrected chi connectivity index (χ4v) is 11.9. The molecule has 2 heteroatoms. The summed E-state index contributed by atoms with van der Waals surface area (Å²) in [6, 6.07) is 74.9. The van der Waals surface area contributed by atoms with Crippen molar-refractivity contribution in [2.45, 2.75) is 34.5 Å². The molecule has 9 aromatic carbocycles. The van der Waals surface area contributed by atoms with Gasteiger partial charge >= 0.3 is 0 Å². The normalized spacial score (nSPS) is 14.6. The summed E-state index contributed by atoms with van der Waals surface area (Å²) in [7, 11) is 0. The molecular formula is C56H39NS. The summed E-state index contributed by atoms with van der Waals surface area (Å²) in [6.07, 6.45) is 0. The van der Waals surface area contributed by atoms with E-state index in [1.165, 1.54) is 87.3 Å². The fourth-order valence-electron chi connectivity index (χ4n) is 10.6. The molecule has 2 aliphatic carbocycles. The van der Waals surface area contributed by atoms with Crippen LogP contribution in [0.5, 0.6) is 0 Å². The highest BCUT2D eigenvalue weighted by Gasteiger charge is 2.51. The summed E-state index contributed by atoms with van der Waals surface area (Å²) in [4.78, 5) is 5.09. The van der Waals surface area contributed by atoms with Gasteiger partial charge in [-0.1, -0.05) is 189 Å². The van der Waals surface area contributed by atoms with E-state index >= 15 is 0 Å². The monoisotopic (exact) mass is 757 g/mol. The molecule has 0 unspecified atom stereocenters. The van der Waals surface area contributed by atoms with E-state index in [-0.39, 0.29) is 5.41 Å². The van der Waals surface area contributed by atoms with E-state index in [4.69, 9.17) is 0 Å². The zero-order valence-electron chi connectivity index (χ0n) is 32.4. The predicted molar refractivity (Wildman–Crippen MR) is 243 cm³/mol. The van der Waals surface area contributed by atoms with Crippen molar-refractivity contribution in [3.05, 3.63) is 234 Å². The van der Waals surface area contributed by atoms with Gasteiger partial charge in [0, 0.05) is 32.1 Å². The van der Waals surface area contributed by atoms with E-state index in [1.807, 2.05) is 11.8 Å². The van der Waals surface area contributed by atoms with Crippen LogP contribution in [0.3, 0.4) is 0 Å². The first-order valence-corrected chi connectivity index (χ1v) is 21.1. The van der Waals surface area contributed by atoms with E-state index < -0.39 is 5.41 Å². The summed E-state index contributed by atoms with van der Waals surface area (Å²) < 4.78 is 0. The predicted octanol–water partition coefficient (Wildman–Crippen LogP) is 15.1. The number of rotatable bonds is 4. The number of para-hydroxylation sites is 1. The van der Waals surface area contributed by atoms with E-state index in [0.717, 1.165) is 17.1 Å². The Kier molecular flexibility index (Phi) is 7.19. The van der Waals surface area contributed by atoms with Gasteiger partial charge in [-0.25, -0.2) is 0 Å². The first-order chi connectivity index (χ1) is 28.5. The van der Waals surface area contributed by atoms with Crippen molar-refractivity contribution in [2.75, 3.05) is 4.90 Å². The molecule has 0 saturated heterocycles. The molecule has 0 atom stereocenters. The number of anilines is 3. The van der Waals surface area contributed by atoms with Gasteiger partial charge in [0.05, 0.1) is 11.1 Å². The highest BCUT2D eigenvalue weighted by Crippen LogP contribution is 2.64. The van der Waals surface area contributed by atoms with Gasteiger partial charge < -0.3 is 4.90 Å². The second-order valence-corrected chi connectivity index (χ2v) is 17.5. The molecule has 1 heterocycles. The number of hydrogen-bond acceptors (Lipinski definition) is 2. The second-order valence-electron chi connectivity index (χ2n) is 16.4. The Morgan fingerprint density at radius 1 is 0.397 bits per heavy atom. The van der Waals surface area contributed by atoms with Crippen LogP contribution in [-0.4, -0.2) is 0 Å². The summed E-state index contributed by atoms with van der Waals surface area (Å²) in [5.74, 6) is 0. The molecule has 1 spiro atoms. The van der Waals surface area contributed by atoms with Gasteiger partial charge in [-0.3, -0.25) is 0 Å². The standard InChI is InChI=1S/C56H39NS/c1-55(2)46-24-12-8-21-42(46)45-31-29-38(34-50(45)55)57(51-27-15-11-19-40(51)36-16-4-3-5-17-36)39-30-32-49-53(35-39)58-52-33-28-37-18-6-7-20-41(37)54(52)56(49)47-25-13-9-22-43(47)44-23-10-14-26-48(44)56/h3-35H,1-2H3. The van der Waals surface area contributed by atoms with E-state index in [9.17, 15) is 0 Å². The van der Waals surface area contributed by atoms with E-state index in [0.29, 0.717) is 0 Å². The lowest BCUT2D eigenvalue weighted by Gasteiger charge is -2.41. The second kappa shape index (κ2) is 12.4. The Balaban J connectivity index is 1.13. The van der Waals surface area contributed by atoms with Crippen LogP contribution >= 0.6 is 11.8 Å². The van der Waals surface area contributed by atoms with Crippen LogP contribution in [-0.2, 0) is 10.8 Å². The molecule has 0 bridgehead atoms. The third kappa shape index (κ3) is 4.55. The van der Waals surface area contributed by atoms with Crippen LogP contribution in [0.15, 0.2) is 210 Å². The topological polar surface area (TPSA) is 3.24 Å². The summed E-state index contributed by atoms with van der Waals surface area (Å²) in [5.41, 5.74) is 18.7. The Bertz CT molecular complexity index is 3090. The minimum atomic E-state index is -0.474. The molecule has 9 aromatic rings. The highest BCUT2D eigenvalue weighted by molar-refractivity contribution is 7.99. The molecule has 0 radical (unpaired) electrons. The van der Waals surface area contributed by atoms with Crippen molar-refractivity contribution in [1.29, 1.82) is 0 Å². The molecule has 1 nitrogen and oxygen atoms in total. The van der Waals surface area contributed by atoms with Gasteiger partial charge in [0.2, 0.25) is 0 Å². The molecule has 3 aliphatic rings. The molecule has 0 aromatic heterocycles. The highest BCUT2D eigenvalue weighted by atomic mass is 32.2. The maximum absolute atomic E-state index is 2.50. The Morgan fingerprint density at radius 2 is 0.966 bits per heavy atom. The van der Waals surface area contributed by atoms with Crippen LogP contribution < -0.4 is 4.90 Å². The molecule has 0 amide bonds. The summed E-state index contributed by atoms with van der Waals surface area (Å²) >= 11 is 1.91. The smallest absolute Gasteiger partial charge is 0.0741 e. The fraction of sp³-hybridized carbons (Fsp3) is 0.0714. The average Bonchev–Trinajstić information content (AvgIpc) is 3.69. The molecule has 0 N–H and O–H groups in total. The number of benzene rings is 9. The zero-order valence-corrected chi connectivity index (χ0v) is 33.2. The van der Waals surface area contributed by atoms with Crippen molar-refractivity contribution in [2.24, 2.45) is 0 Å². The first kappa shape index (κ1) is 33.5. The van der Waals surface area contributed by atoms with E-state index in [2.05, 4.69) is 219 Å². The molecule has 12 rings (SSSR count). The molecule has 1 aliphatic heterocycles. The first-order valence-electron chi connectivity index (χ1n) is 20.3. The largest absolute Gasteiger partial charge is 0.310 e. The van der Waals surface area contributed by atoms with Gasteiger partial charge in [0.15, 0.2) is 0 Å². The lowest BCUT2D eigenvalue weighted by atomic mass is 9.66. The zero-order chi connectivity index (χ0) is 38.6. The SMILES string of the molecule is CC1(C)c2ccccc2-c2ccc(N(c3ccc4c(c3)Sc3ccc5ccccc5c3C43c4ccccc4-c4ccccc43)c3ccccc3-c3ccccc3)cc21. The number of hydrogen-bond donors (Lipinski definition) is 0. The van der Waals surface area contributed by atoms with Crippen molar-refractivity contribution in [3.8, 4) is 33.4 Å². The molecule has 274 valence electrons. The third-order valence-corrected chi connectivity index (χ3v) is 14.2. The lowest BCUT2D eigenvalue weighted by molar-refractivity contribution is 0.660. The summed E-state index contributed by atoms with van der Waals surface area (Å²) in [5, 5.41) is 2.59. The van der Waals surface area contributed by atoms with Gasteiger partial charge in [0.1, 0.15) is 0 Å². The number of fused-ring (bicyclic) bond motifs is 14. The third-order valence-electron chi connectivity index (χ3n) is 13.1. The number of nitrogens with zero attached hydrogens (tertiary/aromatic N) is 1. The van der Waals surface area contributed by atoms with Crippen LogP contribution in [0.25, 0.3) is 44.2 Å². The minimum absolute atomic E-state index is 0.125. The van der Waals surface area contributed by atoms with Gasteiger partial charge in [-0.05, 0) is 108 Å². The van der Waals surface area contributed by atoms with Crippen molar-refractivity contribution >= 4 is 39.6 Å². The van der Waals surface area contributed by atoms with Crippen molar-refractivity contribution in [3.63, 3.8) is 0 Å². The van der Waals surface area contributed by atoms with Crippen LogP contribution in [0.4, 0.5) is 17.1 Å². The molecule has 58 heavy (non-hydrogen) atoms. The minimum Gasteiger partial charge on any atom is -0.310 e. The van der Waals surface area contributed by atoms with Crippen molar-refractivity contribution < 1.29 is 0 Å². The van der Waals surface area contributed by atoms with Crippen molar-refractivity contribution in [1.82, 2.24) is 0 Å². The van der Waals surface area contributed by atoms with Gasteiger partial charge in [-0.2, -0.15) is 0 Å². The van der Waals surface area contributed by atoms with Crippen LogP contribution in [0.2, 0.25) is 0 Å². The lowest BCUT2D eigenvalue weighted by Crippen LogP contribution is -2.32. The molecule has 0 fully saturated rings. The Labute approximate surface area is 344 Å². The maximum Gasteiger partial charge on any atom is 0.0741 e. The van der Waals surface area contributed by atoms with Gasteiger partial charge in [0.25, 0.3) is 0 Å². The maximum atomic E-state index is 2.50. The van der Waals surface area contributed by atoms with Crippen LogP contribution in [0, 0.1) is 0 Å². The Hall–Kier alpha value is -6.61. The van der Waals surface area contributed by atoms with Gasteiger partial charge in [-0.15, -0.1) is 0 Å². The molecular weight excluding hydrogens is 719 g/mol. The molecule has 0 saturated carbocycles.